The molecule has 1 amide bonds. The van der Waals surface area contributed by atoms with Gasteiger partial charge in [0.2, 0.25) is 5.78 Å². The molecule has 2 aromatic carbocycles. The van der Waals surface area contributed by atoms with E-state index in [1.807, 2.05) is 50.2 Å². The Kier molecular flexibility index (Phi) is 4.31. The lowest BCUT2D eigenvalue weighted by atomic mass is 10.1. The molecule has 3 nitrogen and oxygen atoms in total. The van der Waals surface area contributed by atoms with Crippen molar-refractivity contribution >= 4 is 11.7 Å². The molecule has 0 aliphatic heterocycles. The summed E-state index contributed by atoms with van der Waals surface area (Å²) in [5.74, 6) is -1.08. The van der Waals surface area contributed by atoms with Crippen LogP contribution in [0.3, 0.4) is 0 Å². The van der Waals surface area contributed by atoms with Gasteiger partial charge in [-0.05, 0) is 19.4 Å². The summed E-state index contributed by atoms with van der Waals surface area (Å²) in [6, 6.07) is 14.8. The van der Waals surface area contributed by atoms with Crippen molar-refractivity contribution in [2.75, 3.05) is 0 Å². The first kappa shape index (κ1) is 14.0. The van der Waals surface area contributed by atoms with Crippen LogP contribution in [0.5, 0.6) is 0 Å². The Bertz CT molecular complexity index is 612. The molecule has 0 unspecified atom stereocenters. The Balaban J connectivity index is 1.96. The third-order valence-corrected chi connectivity index (χ3v) is 3.09. The number of amides is 1. The van der Waals surface area contributed by atoms with E-state index in [-0.39, 0.29) is 0 Å². The molecule has 102 valence electrons. The van der Waals surface area contributed by atoms with E-state index in [2.05, 4.69) is 5.32 Å². The third kappa shape index (κ3) is 3.54. The van der Waals surface area contributed by atoms with Crippen molar-refractivity contribution in [3.8, 4) is 0 Å². The smallest absolute Gasteiger partial charge is 0.292 e. The number of benzene rings is 2. The van der Waals surface area contributed by atoms with Gasteiger partial charge in [0.15, 0.2) is 0 Å². The summed E-state index contributed by atoms with van der Waals surface area (Å²) in [5, 5.41) is 2.64. The fourth-order valence-corrected chi connectivity index (χ4v) is 1.80. The largest absolute Gasteiger partial charge is 0.345 e. The molecule has 0 aromatic heterocycles. The average molecular weight is 267 g/mol. The lowest BCUT2D eigenvalue weighted by Crippen LogP contribution is -2.30. The highest BCUT2D eigenvalue weighted by molar-refractivity contribution is 6.42. The zero-order valence-electron chi connectivity index (χ0n) is 11.6. The molecule has 0 saturated heterocycles. The number of carbonyl (C=O) groups excluding carboxylic acids is 2. The number of hydrogen-bond donors (Lipinski definition) is 1. The van der Waals surface area contributed by atoms with Crippen LogP contribution in [-0.4, -0.2) is 11.7 Å². The van der Waals surface area contributed by atoms with Gasteiger partial charge in [-0.15, -0.1) is 0 Å². The highest BCUT2D eigenvalue weighted by Gasteiger charge is 2.15. The van der Waals surface area contributed by atoms with Gasteiger partial charge in [-0.2, -0.15) is 0 Å². The minimum atomic E-state index is -0.575. The molecule has 3 heteroatoms. The summed E-state index contributed by atoms with van der Waals surface area (Å²) in [5.41, 5.74) is 3.61. The highest BCUT2D eigenvalue weighted by Crippen LogP contribution is 2.05. The Morgan fingerprint density at radius 1 is 0.850 bits per heavy atom. The lowest BCUT2D eigenvalue weighted by Gasteiger charge is -2.05. The van der Waals surface area contributed by atoms with Crippen LogP contribution in [0.15, 0.2) is 48.5 Å². The molecular formula is C17H17NO2. The van der Waals surface area contributed by atoms with Gasteiger partial charge in [-0.25, -0.2) is 0 Å². The topological polar surface area (TPSA) is 46.2 Å². The summed E-state index contributed by atoms with van der Waals surface area (Å²) < 4.78 is 0. The molecule has 0 radical (unpaired) electrons. The summed E-state index contributed by atoms with van der Waals surface area (Å²) in [6.07, 6.45) is 0. The van der Waals surface area contributed by atoms with Crippen LogP contribution in [-0.2, 0) is 11.3 Å². The number of ketones is 1. The zero-order valence-corrected chi connectivity index (χ0v) is 11.6. The van der Waals surface area contributed by atoms with Gasteiger partial charge in [0.1, 0.15) is 0 Å². The molecule has 0 atom stereocenters. The second kappa shape index (κ2) is 6.15. The van der Waals surface area contributed by atoms with Gasteiger partial charge < -0.3 is 5.32 Å². The van der Waals surface area contributed by atoms with Crippen molar-refractivity contribution in [3.05, 3.63) is 70.8 Å². The van der Waals surface area contributed by atoms with Gasteiger partial charge >= 0.3 is 0 Å². The fraction of sp³-hybridized carbons (Fsp3) is 0.176. The standard InChI is InChI=1S/C17H17NO2/c1-12-3-7-14(8-4-12)11-18-17(20)16(19)15-9-5-13(2)6-10-15/h3-10H,11H2,1-2H3,(H,18,20). The fourth-order valence-electron chi connectivity index (χ4n) is 1.80. The van der Waals surface area contributed by atoms with Crippen LogP contribution in [0.1, 0.15) is 27.0 Å². The molecule has 0 bridgehead atoms. The minimum absolute atomic E-state index is 0.358. The van der Waals surface area contributed by atoms with Gasteiger partial charge in [0.05, 0.1) is 0 Å². The van der Waals surface area contributed by atoms with E-state index in [4.69, 9.17) is 0 Å². The molecule has 2 rings (SSSR count). The highest BCUT2D eigenvalue weighted by atomic mass is 16.2. The third-order valence-electron chi connectivity index (χ3n) is 3.09. The molecule has 2 aromatic rings. The molecular weight excluding hydrogens is 250 g/mol. The van der Waals surface area contributed by atoms with Gasteiger partial charge in [0, 0.05) is 12.1 Å². The van der Waals surface area contributed by atoms with Gasteiger partial charge in [0.25, 0.3) is 5.91 Å². The predicted molar refractivity (Wildman–Crippen MR) is 78.5 cm³/mol. The van der Waals surface area contributed by atoms with Crippen molar-refractivity contribution in [1.29, 1.82) is 0 Å². The number of aryl methyl sites for hydroxylation is 2. The number of carbonyl (C=O) groups is 2. The normalized spacial score (nSPS) is 10.1. The molecule has 20 heavy (non-hydrogen) atoms. The minimum Gasteiger partial charge on any atom is -0.345 e. The molecule has 1 N–H and O–H groups in total. The Labute approximate surface area is 118 Å². The van der Waals surface area contributed by atoms with Crippen molar-refractivity contribution < 1.29 is 9.59 Å². The number of Topliss-reactive ketones (excluding diaryl/α,β-unsaturated/α-hetero) is 1. The number of rotatable bonds is 4. The quantitative estimate of drug-likeness (QED) is 0.684. The van der Waals surface area contributed by atoms with Crippen LogP contribution in [0, 0.1) is 13.8 Å². The Morgan fingerprint density at radius 2 is 1.35 bits per heavy atom. The SMILES string of the molecule is Cc1ccc(CNC(=O)C(=O)c2ccc(C)cc2)cc1. The monoisotopic (exact) mass is 267 g/mol. The summed E-state index contributed by atoms with van der Waals surface area (Å²) in [6.45, 7) is 4.30. The zero-order chi connectivity index (χ0) is 14.5. The van der Waals surface area contributed by atoms with Crippen LogP contribution in [0.25, 0.3) is 0 Å². The van der Waals surface area contributed by atoms with Crippen LogP contribution >= 0.6 is 0 Å². The van der Waals surface area contributed by atoms with Crippen molar-refractivity contribution in [2.24, 2.45) is 0 Å². The number of nitrogens with one attached hydrogen (secondary N) is 1. The molecule has 0 heterocycles. The van der Waals surface area contributed by atoms with E-state index in [0.29, 0.717) is 12.1 Å². The van der Waals surface area contributed by atoms with E-state index in [1.54, 1.807) is 12.1 Å². The molecule has 0 spiro atoms. The van der Waals surface area contributed by atoms with Crippen molar-refractivity contribution in [2.45, 2.75) is 20.4 Å². The van der Waals surface area contributed by atoms with Crippen LogP contribution < -0.4 is 5.32 Å². The Hall–Kier alpha value is -2.42. The van der Waals surface area contributed by atoms with E-state index in [1.165, 1.54) is 0 Å². The number of hydrogen-bond acceptors (Lipinski definition) is 2. The first-order valence-electron chi connectivity index (χ1n) is 6.51. The molecule has 0 fully saturated rings. The van der Waals surface area contributed by atoms with Gasteiger partial charge in [-0.1, -0.05) is 59.7 Å². The predicted octanol–water partition coefficient (Wildman–Crippen LogP) is 2.80. The van der Waals surface area contributed by atoms with Crippen LogP contribution in [0.2, 0.25) is 0 Å². The second-order valence-electron chi connectivity index (χ2n) is 4.86. The average Bonchev–Trinajstić information content (AvgIpc) is 2.46. The maximum Gasteiger partial charge on any atom is 0.292 e. The maximum absolute atomic E-state index is 11.9. The summed E-state index contributed by atoms with van der Waals surface area (Å²) in [7, 11) is 0. The van der Waals surface area contributed by atoms with E-state index >= 15 is 0 Å². The van der Waals surface area contributed by atoms with E-state index < -0.39 is 11.7 Å². The van der Waals surface area contributed by atoms with Crippen LogP contribution in [0.4, 0.5) is 0 Å². The molecule has 0 aliphatic carbocycles. The second-order valence-corrected chi connectivity index (χ2v) is 4.86. The van der Waals surface area contributed by atoms with Crippen molar-refractivity contribution in [1.82, 2.24) is 5.32 Å². The summed E-state index contributed by atoms with van der Waals surface area (Å²) >= 11 is 0. The first-order chi connectivity index (χ1) is 9.56. The van der Waals surface area contributed by atoms with E-state index in [0.717, 1.165) is 16.7 Å². The van der Waals surface area contributed by atoms with E-state index in [9.17, 15) is 9.59 Å². The lowest BCUT2D eigenvalue weighted by molar-refractivity contribution is -0.117. The summed E-state index contributed by atoms with van der Waals surface area (Å²) in [4.78, 5) is 23.7. The first-order valence-corrected chi connectivity index (χ1v) is 6.51. The molecule has 0 saturated carbocycles. The van der Waals surface area contributed by atoms with Gasteiger partial charge in [-0.3, -0.25) is 9.59 Å². The Morgan fingerprint density at radius 3 is 1.90 bits per heavy atom. The van der Waals surface area contributed by atoms with Crippen molar-refractivity contribution in [3.63, 3.8) is 0 Å². The molecule has 0 aliphatic rings. The maximum atomic E-state index is 11.9.